The predicted molar refractivity (Wildman–Crippen MR) is 126 cm³/mol. The first-order valence-corrected chi connectivity index (χ1v) is 12.0. The number of sulfonamides is 1. The summed E-state index contributed by atoms with van der Waals surface area (Å²) in [5.74, 6) is 1.66. The van der Waals surface area contributed by atoms with Crippen LogP contribution in [0.5, 0.6) is 11.5 Å². The monoisotopic (exact) mass is 498 g/mol. The summed E-state index contributed by atoms with van der Waals surface area (Å²) in [6.45, 7) is 5.83. The molecular formula is C22H24Cl2N2O5S. The number of halogens is 2. The van der Waals surface area contributed by atoms with Gasteiger partial charge in [-0.2, -0.15) is 4.31 Å². The van der Waals surface area contributed by atoms with Crippen molar-refractivity contribution in [2.24, 2.45) is 0 Å². The largest absolute Gasteiger partial charge is 0.505 e. The van der Waals surface area contributed by atoms with Crippen LogP contribution in [-0.2, 0) is 16.4 Å². The van der Waals surface area contributed by atoms with Gasteiger partial charge < -0.3 is 15.2 Å². The number of carbonyl (C=O) groups is 1. The zero-order chi connectivity index (χ0) is 24.1. The molecule has 0 saturated carbocycles. The number of anilines is 1. The molecule has 2 aromatic carbocycles. The van der Waals surface area contributed by atoms with E-state index in [0.29, 0.717) is 25.1 Å². The molecule has 0 atom stereocenters. The number of phenolic OH excluding ortho intramolecular Hbond substituents is 1. The Balaban J connectivity index is 2.62. The average molecular weight is 499 g/mol. The Morgan fingerprint density at radius 2 is 1.75 bits per heavy atom. The highest BCUT2D eigenvalue weighted by atomic mass is 35.5. The third kappa shape index (κ3) is 5.48. The normalized spacial score (nSPS) is 11.3. The third-order valence-corrected chi connectivity index (χ3v) is 7.29. The van der Waals surface area contributed by atoms with Crippen LogP contribution in [0.25, 0.3) is 0 Å². The minimum Gasteiger partial charge on any atom is -0.505 e. The Morgan fingerprint density at radius 3 is 2.25 bits per heavy atom. The summed E-state index contributed by atoms with van der Waals surface area (Å²) in [6.07, 6.45) is 5.75. The second-order valence-electron chi connectivity index (χ2n) is 6.64. The van der Waals surface area contributed by atoms with E-state index in [-0.39, 0.29) is 44.3 Å². The SMILES string of the molecule is C#CCOc1c(CC)cc(S(=O)(=O)N(CC)CC)cc1NC(=O)c1cc(Cl)c(O)c(Cl)c1. The van der Waals surface area contributed by atoms with Gasteiger partial charge in [-0.25, -0.2) is 8.42 Å². The molecule has 2 N–H and O–H groups in total. The van der Waals surface area contributed by atoms with E-state index < -0.39 is 15.9 Å². The van der Waals surface area contributed by atoms with E-state index >= 15 is 0 Å². The summed E-state index contributed by atoms with van der Waals surface area (Å²) in [6, 6.07) is 5.35. The summed E-state index contributed by atoms with van der Waals surface area (Å²) >= 11 is 11.8. The van der Waals surface area contributed by atoms with Gasteiger partial charge in [0.2, 0.25) is 10.0 Å². The molecule has 2 rings (SSSR count). The van der Waals surface area contributed by atoms with E-state index in [1.165, 1.54) is 28.6 Å². The van der Waals surface area contributed by atoms with Gasteiger partial charge in [-0.05, 0) is 36.2 Å². The molecule has 0 radical (unpaired) electrons. The first-order chi connectivity index (χ1) is 15.1. The molecule has 7 nitrogen and oxygen atoms in total. The molecular weight excluding hydrogens is 475 g/mol. The van der Waals surface area contributed by atoms with Crippen LogP contribution in [0.3, 0.4) is 0 Å². The van der Waals surface area contributed by atoms with Crippen LogP contribution in [0.1, 0.15) is 36.7 Å². The molecule has 1 amide bonds. The first kappa shape index (κ1) is 25.8. The second-order valence-corrected chi connectivity index (χ2v) is 9.39. The molecule has 0 fully saturated rings. The maximum Gasteiger partial charge on any atom is 0.255 e. The number of aromatic hydroxyl groups is 1. The van der Waals surface area contributed by atoms with Crippen LogP contribution in [0.15, 0.2) is 29.2 Å². The highest BCUT2D eigenvalue weighted by molar-refractivity contribution is 7.89. The lowest BCUT2D eigenvalue weighted by Gasteiger charge is -2.21. The van der Waals surface area contributed by atoms with Crippen molar-refractivity contribution in [2.75, 3.05) is 25.0 Å². The number of ether oxygens (including phenoxy) is 1. The molecule has 0 bridgehead atoms. The van der Waals surface area contributed by atoms with Crippen LogP contribution in [0.4, 0.5) is 5.69 Å². The molecule has 0 aliphatic rings. The van der Waals surface area contributed by atoms with Crippen LogP contribution >= 0.6 is 23.2 Å². The number of rotatable bonds is 9. The van der Waals surface area contributed by atoms with Crippen LogP contribution < -0.4 is 10.1 Å². The van der Waals surface area contributed by atoms with Gasteiger partial charge in [0.05, 0.1) is 20.6 Å². The third-order valence-electron chi connectivity index (χ3n) is 4.69. The molecule has 10 heteroatoms. The summed E-state index contributed by atoms with van der Waals surface area (Å²) in [5.41, 5.74) is 0.761. The molecule has 0 unspecified atom stereocenters. The number of terminal acetylenes is 1. The Morgan fingerprint density at radius 1 is 1.16 bits per heavy atom. The molecule has 172 valence electrons. The van der Waals surface area contributed by atoms with Crippen LogP contribution in [-0.4, -0.2) is 43.4 Å². The van der Waals surface area contributed by atoms with E-state index in [2.05, 4.69) is 11.2 Å². The summed E-state index contributed by atoms with van der Waals surface area (Å²) < 4.78 is 33.2. The zero-order valence-electron chi connectivity index (χ0n) is 17.9. The van der Waals surface area contributed by atoms with Crippen molar-refractivity contribution in [1.82, 2.24) is 4.31 Å². The van der Waals surface area contributed by atoms with E-state index in [4.69, 9.17) is 34.4 Å². The number of amides is 1. The number of phenols is 1. The van der Waals surface area contributed by atoms with Gasteiger partial charge in [-0.15, -0.1) is 6.42 Å². The number of nitrogens with zero attached hydrogens (tertiary/aromatic N) is 1. The highest BCUT2D eigenvalue weighted by Gasteiger charge is 2.25. The fraction of sp³-hybridized carbons (Fsp3) is 0.318. The predicted octanol–water partition coefficient (Wildman–Crippen LogP) is 4.56. The minimum atomic E-state index is -3.80. The van der Waals surface area contributed by atoms with Crippen molar-refractivity contribution < 1.29 is 23.1 Å². The lowest BCUT2D eigenvalue weighted by Crippen LogP contribution is -2.30. The molecule has 0 aliphatic heterocycles. The number of hydrogen-bond donors (Lipinski definition) is 2. The molecule has 0 aliphatic carbocycles. The van der Waals surface area contributed by atoms with Crippen LogP contribution in [0.2, 0.25) is 10.0 Å². The van der Waals surface area contributed by atoms with Crippen molar-refractivity contribution in [1.29, 1.82) is 0 Å². The Labute approximate surface area is 198 Å². The van der Waals surface area contributed by atoms with E-state index in [9.17, 15) is 18.3 Å². The van der Waals surface area contributed by atoms with Gasteiger partial charge in [0.1, 0.15) is 12.4 Å². The topological polar surface area (TPSA) is 95.9 Å². The Kier molecular flexibility index (Phi) is 8.81. The van der Waals surface area contributed by atoms with E-state index in [1.54, 1.807) is 13.8 Å². The number of nitrogens with one attached hydrogen (secondary N) is 1. The van der Waals surface area contributed by atoms with Crippen molar-refractivity contribution in [3.8, 4) is 23.8 Å². The number of aryl methyl sites for hydroxylation is 1. The smallest absolute Gasteiger partial charge is 0.255 e. The fourth-order valence-electron chi connectivity index (χ4n) is 3.05. The van der Waals surface area contributed by atoms with Gasteiger partial charge in [-0.1, -0.05) is 49.9 Å². The highest BCUT2D eigenvalue weighted by Crippen LogP contribution is 2.36. The zero-order valence-corrected chi connectivity index (χ0v) is 20.2. The lowest BCUT2D eigenvalue weighted by atomic mass is 10.1. The molecule has 2 aromatic rings. The summed E-state index contributed by atoms with van der Waals surface area (Å²) in [5, 5.41) is 12.2. The van der Waals surface area contributed by atoms with Crippen LogP contribution in [0, 0.1) is 12.3 Å². The van der Waals surface area contributed by atoms with Gasteiger partial charge in [0, 0.05) is 18.7 Å². The lowest BCUT2D eigenvalue weighted by molar-refractivity contribution is 0.102. The van der Waals surface area contributed by atoms with E-state index in [1.807, 2.05) is 6.92 Å². The summed E-state index contributed by atoms with van der Waals surface area (Å²) in [7, 11) is -3.80. The van der Waals surface area contributed by atoms with Crippen molar-refractivity contribution in [3.05, 3.63) is 45.4 Å². The molecule has 0 aromatic heterocycles. The average Bonchev–Trinajstić information content (AvgIpc) is 2.76. The molecule has 0 saturated heterocycles. The molecule has 0 heterocycles. The number of benzene rings is 2. The second kappa shape index (κ2) is 10.9. The quantitative estimate of drug-likeness (QED) is 0.494. The minimum absolute atomic E-state index is 0.0168. The maximum absolute atomic E-state index is 13.1. The fourth-order valence-corrected chi connectivity index (χ4v) is 5.08. The molecule has 0 spiro atoms. The van der Waals surface area contributed by atoms with Gasteiger partial charge in [0.25, 0.3) is 5.91 Å². The van der Waals surface area contributed by atoms with Gasteiger partial charge in [0.15, 0.2) is 5.75 Å². The summed E-state index contributed by atoms with van der Waals surface area (Å²) in [4.78, 5) is 12.9. The van der Waals surface area contributed by atoms with Crippen molar-refractivity contribution in [2.45, 2.75) is 32.1 Å². The maximum atomic E-state index is 13.1. The van der Waals surface area contributed by atoms with Crippen molar-refractivity contribution in [3.63, 3.8) is 0 Å². The number of carbonyl (C=O) groups excluding carboxylic acids is 1. The first-order valence-electron chi connectivity index (χ1n) is 9.83. The Hall–Kier alpha value is -2.44. The standard InChI is InChI=1S/C22H24Cl2N2O5S/c1-5-9-31-21-14(6-2)10-16(32(29,30)26(7-3)8-4)13-19(21)25-22(28)15-11-17(23)20(27)18(24)12-15/h1,10-13,27H,6-9H2,2-4H3,(H,25,28). The van der Waals surface area contributed by atoms with Gasteiger partial charge >= 0.3 is 0 Å². The molecule has 32 heavy (non-hydrogen) atoms. The van der Waals surface area contributed by atoms with E-state index in [0.717, 1.165) is 0 Å². The Bertz CT molecular complexity index is 1130. The number of hydrogen-bond acceptors (Lipinski definition) is 5. The van der Waals surface area contributed by atoms with Gasteiger partial charge in [-0.3, -0.25) is 4.79 Å². The van der Waals surface area contributed by atoms with Crippen molar-refractivity contribution >= 4 is 44.8 Å².